The first-order chi connectivity index (χ1) is 9.88. The molecule has 0 amide bonds. The van der Waals surface area contributed by atoms with Crippen LogP contribution in [0.3, 0.4) is 0 Å². The van der Waals surface area contributed by atoms with Crippen molar-refractivity contribution >= 4 is 5.97 Å². The second-order valence-electron chi connectivity index (χ2n) is 4.10. The van der Waals surface area contributed by atoms with Gasteiger partial charge in [-0.15, -0.1) is 0 Å². The molecule has 1 aromatic carbocycles. The van der Waals surface area contributed by atoms with Gasteiger partial charge in [0.15, 0.2) is 0 Å². The zero-order valence-electron chi connectivity index (χ0n) is 10.8. The topological polar surface area (TPSA) is 55.0 Å². The van der Waals surface area contributed by atoms with Gasteiger partial charge in [-0.3, -0.25) is 0 Å². The second kappa shape index (κ2) is 5.32. The van der Waals surface area contributed by atoms with Crippen LogP contribution in [-0.4, -0.2) is 17.6 Å². The summed E-state index contributed by atoms with van der Waals surface area (Å²) in [6.07, 6.45) is -3.33. The third-order valence-corrected chi connectivity index (χ3v) is 2.83. The monoisotopic (exact) mass is 294 g/mol. The van der Waals surface area contributed by atoms with Gasteiger partial charge in [0, 0.05) is 6.20 Å². The number of nitriles is 1. The Hall–Kier alpha value is -2.75. The molecule has 7 heteroatoms. The summed E-state index contributed by atoms with van der Waals surface area (Å²) in [4.78, 5) is 11.6. The van der Waals surface area contributed by atoms with Gasteiger partial charge in [-0.05, 0) is 30.3 Å². The number of benzene rings is 1. The number of hydrogen-bond donors (Lipinski definition) is 0. The van der Waals surface area contributed by atoms with Gasteiger partial charge in [-0.25, -0.2) is 4.79 Å². The molecule has 0 unspecified atom stereocenters. The van der Waals surface area contributed by atoms with E-state index in [1.165, 1.54) is 24.4 Å². The number of rotatable bonds is 2. The molecule has 4 nitrogen and oxygen atoms in total. The van der Waals surface area contributed by atoms with Crippen LogP contribution >= 0.6 is 0 Å². The molecule has 2 rings (SSSR count). The van der Waals surface area contributed by atoms with Crippen molar-refractivity contribution in [3.05, 3.63) is 53.3 Å². The first-order valence-corrected chi connectivity index (χ1v) is 5.76. The Morgan fingerprint density at radius 2 is 2.05 bits per heavy atom. The molecule has 0 bridgehead atoms. The third kappa shape index (κ3) is 2.74. The SMILES string of the molecule is COC(=O)c1cccn1-c1ccc(C#N)cc1C(F)(F)F. The molecule has 0 atom stereocenters. The summed E-state index contributed by atoms with van der Waals surface area (Å²) in [7, 11) is 1.14. The smallest absolute Gasteiger partial charge is 0.418 e. The number of hydrogen-bond acceptors (Lipinski definition) is 3. The third-order valence-electron chi connectivity index (χ3n) is 2.83. The fourth-order valence-electron chi connectivity index (χ4n) is 1.90. The Morgan fingerprint density at radius 1 is 1.33 bits per heavy atom. The lowest BCUT2D eigenvalue weighted by atomic mass is 10.1. The van der Waals surface area contributed by atoms with Crippen molar-refractivity contribution in [1.29, 1.82) is 5.26 Å². The molecule has 1 aromatic heterocycles. The van der Waals surface area contributed by atoms with Crippen LogP contribution < -0.4 is 0 Å². The average molecular weight is 294 g/mol. The van der Waals surface area contributed by atoms with E-state index < -0.39 is 17.7 Å². The maximum absolute atomic E-state index is 13.1. The number of carbonyl (C=O) groups is 1. The van der Waals surface area contributed by atoms with Crippen molar-refractivity contribution in [2.24, 2.45) is 0 Å². The Balaban J connectivity index is 2.68. The zero-order valence-corrected chi connectivity index (χ0v) is 10.8. The van der Waals surface area contributed by atoms with Crippen molar-refractivity contribution in [3.63, 3.8) is 0 Å². The number of carbonyl (C=O) groups excluding carboxylic acids is 1. The highest BCUT2D eigenvalue weighted by Gasteiger charge is 2.35. The normalized spacial score (nSPS) is 11.0. The van der Waals surface area contributed by atoms with Gasteiger partial charge in [-0.1, -0.05) is 0 Å². The van der Waals surface area contributed by atoms with Gasteiger partial charge in [0.1, 0.15) is 5.69 Å². The van der Waals surface area contributed by atoms with Crippen molar-refractivity contribution in [1.82, 2.24) is 4.57 Å². The molecule has 0 saturated heterocycles. The molecular formula is C14H9F3N2O2. The van der Waals surface area contributed by atoms with Crippen LogP contribution in [0, 0.1) is 11.3 Å². The fourth-order valence-corrected chi connectivity index (χ4v) is 1.90. The van der Waals surface area contributed by atoms with Crippen LogP contribution in [0.4, 0.5) is 13.2 Å². The van der Waals surface area contributed by atoms with Crippen LogP contribution in [-0.2, 0) is 10.9 Å². The highest BCUT2D eigenvalue weighted by atomic mass is 19.4. The molecular weight excluding hydrogens is 285 g/mol. The summed E-state index contributed by atoms with van der Waals surface area (Å²) < 4.78 is 45.0. The summed E-state index contributed by atoms with van der Waals surface area (Å²) >= 11 is 0. The zero-order chi connectivity index (χ0) is 15.6. The second-order valence-corrected chi connectivity index (χ2v) is 4.10. The van der Waals surface area contributed by atoms with Gasteiger partial charge < -0.3 is 9.30 Å². The molecule has 0 fully saturated rings. The highest BCUT2D eigenvalue weighted by Crippen LogP contribution is 2.35. The highest BCUT2D eigenvalue weighted by molar-refractivity contribution is 5.88. The number of nitrogens with zero attached hydrogens (tertiary/aromatic N) is 2. The van der Waals surface area contributed by atoms with E-state index in [0.29, 0.717) is 0 Å². The van der Waals surface area contributed by atoms with Crippen LogP contribution in [0.5, 0.6) is 0 Å². The molecule has 0 N–H and O–H groups in total. The number of halogens is 3. The molecule has 1 heterocycles. The van der Waals surface area contributed by atoms with Crippen LogP contribution in [0.2, 0.25) is 0 Å². The lowest BCUT2D eigenvalue weighted by molar-refractivity contribution is -0.137. The van der Waals surface area contributed by atoms with Crippen molar-refractivity contribution in [2.45, 2.75) is 6.18 Å². The summed E-state index contributed by atoms with van der Waals surface area (Å²) in [5.41, 5.74) is -1.39. The van der Waals surface area contributed by atoms with E-state index in [1.807, 2.05) is 0 Å². The Labute approximate surface area is 118 Å². The summed E-state index contributed by atoms with van der Waals surface area (Å²) in [6, 6.07) is 7.59. The fraction of sp³-hybridized carbons (Fsp3) is 0.143. The van der Waals surface area contributed by atoms with Crippen LogP contribution in [0.15, 0.2) is 36.5 Å². The predicted octanol–water partition coefficient (Wildman–Crippen LogP) is 3.15. The molecule has 0 aliphatic rings. The van der Waals surface area contributed by atoms with Crippen molar-refractivity contribution < 1.29 is 22.7 Å². The predicted molar refractivity (Wildman–Crippen MR) is 66.8 cm³/mol. The maximum atomic E-state index is 13.1. The van der Waals surface area contributed by atoms with Gasteiger partial charge in [0.05, 0.1) is 30.0 Å². The van der Waals surface area contributed by atoms with Gasteiger partial charge >= 0.3 is 12.1 Å². The van der Waals surface area contributed by atoms with Crippen molar-refractivity contribution in [2.75, 3.05) is 7.11 Å². The van der Waals surface area contributed by atoms with E-state index in [9.17, 15) is 18.0 Å². The molecule has 0 saturated carbocycles. The van der Waals surface area contributed by atoms with Gasteiger partial charge in [0.2, 0.25) is 0 Å². The number of esters is 1. The molecule has 108 valence electrons. The van der Waals surface area contributed by atoms with E-state index in [0.717, 1.165) is 23.8 Å². The molecule has 0 spiro atoms. The van der Waals surface area contributed by atoms with E-state index in [4.69, 9.17) is 5.26 Å². The molecule has 0 radical (unpaired) electrons. The number of alkyl halides is 3. The summed E-state index contributed by atoms with van der Waals surface area (Å²) in [5.74, 6) is -0.752. The largest absolute Gasteiger partial charge is 0.464 e. The van der Waals surface area contributed by atoms with Crippen molar-refractivity contribution in [3.8, 4) is 11.8 Å². The van der Waals surface area contributed by atoms with Gasteiger partial charge in [0.25, 0.3) is 0 Å². The van der Waals surface area contributed by atoms with Crippen LogP contribution in [0.25, 0.3) is 5.69 Å². The van der Waals surface area contributed by atoms with Crippen LogP contribution in [0.1, 0.15) is 21.6 Å². The van der Waals surface area contributed by atoms with E-state index >= 15 is 0 Å². The Kier molecular flexibility index (Phi) is 3.72. The number of ether oxygens (including phenoxy) is 1. The van der Waals surface area contributed by atoms with Gasteiger partial charge in [-0.2, -0.15) is 18.4 Å². The Morgan fingerprint density at radius 3 is 2.62 bits per heavy atom. The molecule has 2 aromatic rings. The number of methoxy groups -OCH3 is 1. The Bertz CT molecular complexity index is 727. The quantitative estimate of drug-likeness (QED) is 0.799. The minimum atomic E-state index is -4.65. The molecule has 21 heavy (non-hydrogen) atoms. The summed E-state index contributed by atoms with van der Waals surface area (Å²) in [6.45, 7) is 0. The molecule has 0 aliphatic carbocycles. The van der Waals surface area contributed by atoms with E-state index in [-0.39, 0.29) is 16.9 Å². The lowest BCUT2D eigenvalue weighted by Gasteiger charge is -2.15. The minimum absolute atomic E-state index is 0.0345. The van der Waals surface area contributed by atoms with E-state index in [2.05, 4.69) is 4.74 Å². The maximum Gasteiger partial charge on any atom is 0.418 e. The summed E-state index contributed by atoms with van der Waals surface area (Å²) in [5, 5.41) is 8.73. The standard InChI is InChI=1S/C14H9F3N2O2/c1-21-13(20)12-3-2-6-19(12)11-5-4-9(8-18)7-10(11)14(15,16)17/h2-7H,1H3. The first kappa shape index (κ1) is 14.7. The first-order valence-electron chi connectivity index (χ1n) is 5.76. The lowest BCUT2D eigenvalue weighted by Crippen LogP contribution is -2.14. The molecule has 0 aliphatic heterocycles. The number of aromatic nitrogens is 1. The minimum Gasteiger partial charge on any atom is -0.464 e. The average Bonchev–Trinajstić information content (AvgIpc) is 2.94. The van der Waals surface area contributed by atoms with E-state index in [1.54, 1.807) is 6.07 Å².